The van der Waals surface area contributed by atoms with Crippen LogP contribution in [-0.4, -0.2) is 36.0 Å². The number of halogens is 3. The van der Waals surface area contributed by atoms with Gasteiger partial charge in [0, 0.05) is 16.9 Å². The average molecular weight is 395 g/mol. The average Bonchev–Trinajstić information content (AvgIpc) is 2.40. The van der Waals surface area contributed by atoms with E-state index in [1.807, 2.05) is 6.92 Å². The molecule has 0 aromatic carbocycles. The fraction of sp³-hybridized carbons (Fsp3) is 0.933. The van der Waals surface area contributed by atoms with Crippen molar-refractivity contribution in [3.05, 3.63) is 0 Å². The number of hydrogen-bond acceptors (Lipinski definition) is 4. The van der Waals surface area contributed by atoms with Gasteiger partial charge in [0.05, 0.1) is 5.75 Å². The summed E-state index contributed by atoms with van der Waals surface area (Å²) in [7, 11) is -8.51. The second kappa shape index (κ2) is 9.43. The smallest absolute Gasteiger partial charge is 0.299 e. The maximum absolute atomic E-state index is 12.7. The number of Topliss-reactive ketones (excluding diaryl/α,β-unsaturated/α-hetero) is 1. The van der Waals surface area contributed by atoms with Gasteiger partial charge in [0.25, 0.3) is 0 Å². The lowest BCUT2D eigenvalue weighted by Gasteiger charge is -2.45. The first-order chi connectivity index (χ1) is 10.8. The quantitative estimate of drug-likeness (QED) is 0.368. The number of carbonyl (C=O) groups excluding carboxylic acids is 1. The summed E-state index contributed by atoms with van der Waals surface area (Å²) in [5.41, 5.74) is -5.49. The van der Waals surface area contributed by atoms with Gasteiger partial charge < -0.3 is 0 Å². The van der Waals surface area contributed by atoms with Crippen LogP contribution in [0.1, 0.15) is 66.7 Å². The van der Waals surface area contributed by atoms with E-state index in [1.54, 1.807) is 27.7 Å². The summed E-state index contributed by atoms with van der Waals surface area (Å²) in [4.78, 5) is 12.2. The van der Waals surface area contributed by atoms with Gasteiger partial charge in [-0.05, 0) is 6.42 Å². The van der Waals surface area contributed by atoms with Crippen molar-refractivity contribution in [1.29, 1.82) is 0 Å². The molecular weight excluding hydrogens is 365 g/mol. The first-order valence-corrected chi connectivity index (χ1v) is 11.4. The van der Waals surface area contributed by atoms with Crippen molar-refractivity contribution >= 4 is 26.2 Å². The van der Waals surface area contributed by atoms with Crippen LogP contribution in [-0.2, 0) is 18.5 Å². The Morgan fingerprint density at radius 2 is 1.50 bits per heavy atom. The van der Waals surface area contributed by atoms with E-state index in [0.29, 0.717) is 6.42 Å². The fourth-order valence-corrected chi connectivity index (χ4v) is 7.83. The molecule has 0 fully saturated rings. The van der Waals surface area contributed by atoms with E-state index >= 15 is 0 Å². The van der Waals surface area contributed by atoms with Crippen LogP contribution < -0.4 is 0 Å². The second-order valence-corrected chi connectivity index (χ2v) is 12.0. The molecule has 0 aliphatic carbocycles. The highest BCUT2D eigenvalue weighted by Crippen LogP contribution is 2.60. The van der Waals surface area contributed by atoms with E-state index in [0.717, 1.165) is 19.3 Å². The highest BCUT2D eigenvalue weighted by atomic mass is 32.3. The maximum atomic E-state index is 12.7. The van der Waals surface area contributed by atoms with E-state index in [2.05, 4.69) is 0 Å². The minimum absolute atomic E-state index is 0.235. The summed E-state index contributed by atoms with van der Waals surface area (Å²) in [6, 6.07) is 0. The highest BCUT2D eigenvalue weighted by molar-refractivity contribution is 8.34. The van der Waals surface area contributed by atoms with Crippen LogP contribution in [0.2, 0.25) is 0 Å². The molecule has 0 spiro atoms. The molecule has 0 radical (unpaired) electrons. The Labute approximate surface area is 145 Å². The summed E-state index contributed by atoms with van der Waals surface area (Å²) in [5.74, 6) is -0.495. The molecule has 146 valence electrons. The zero-order valence-electron chi connectivity index (χ0n) is 15.0. The summed E-state index contributed by atoms with van der Waals surface area (Å²) < 4.78 is 66.0. The molecular formula is C15H29F3O4S2. The molecule has 0 atom stereocenters. The Morgan fingerprint density at radius 3 is 1.88 bits per heavy atom. The SMILES string of the molecule is CCCCCCC(=O)CS(OS(=O)(=O)C(F)(F)F)(C(C)C)C(C)C. The first kappa shape index (κ1) is 23.7. The van der Waals surface area contributed by atoms with Crippen molar-refractivity contribution in [2.45, 2.75) is 82.7 Å². The summed E-state index contributed by atoms with van der Waals surface area (Å²) in [6.45, 7) is 8.44. The number of rotatable bonds is 11. The molecule has 0 N–H and O–H groups in total. The number of alkyl halides is 3. The Balaban J connectivity index is 5.35. The van der Waals surface area contributed by atoms with Crippen molar-refractivity contribution in [1.82, 2.24) is 0 Å². The van der Waals surface area contributed by atoms with Crippen LogP contribution in [0.5, 0.6) is 0 Å². The van der Waals surface area contributed by atoms with Crippen molar-refractivity contribution < 1.29 is 30.0 Å². The molecule has 0 saturated heterocycles. The Morgan fingerprint density at radius 1 is 1.00 bits per heavy atom. The monoisotopic (exact) mass is 394 g/mol. The lowest BCUT2D eigenvalue weighted by Crippen LogP contribution is -2.36. The molecule has 4 nitrogen and oxygen atoms in total. The molecule has 0 aromatic rings. The van der Waals surface area contributed by atoms with Gasteiger partial charge in [0.1, 0.15) is 5.78 Å². The summed E-state index contributed by atoms with van der Waals surface area (Å²) >= 11 is 0. The van der Waals surface area contributed by atoms with Crippen LogP contribution >= 0.6 is 10.3 Å². The second-order valence-electron chi connectivity index (χ2n) is 6.34. The fourth-order valence-electron chi connectivity index (χ4n) is 2.34. The number of unbranched alkanes of at least 4 members (excludes halogenated alkanes) is 3. The predicted molar refractivity (Wildman–Crippen MR) is 92.6 cm³/mol. The molecule has 0 rings (SSSR count). The Hall–Kier alpha value is -0.280. The van der Waals surface area contributed by atoms with Gasteiger partial charge in [-0.15, -0.1) is 10.3 Å². The Bertz CT molecular complexity index is 491. The molecule has 0 unspecified atom stereocenters. The minimum atomic E-state index is -5.74. The van der Waals surface area contributed by atoms with Gasteiger partial charge in [0.2, 0.25) is 0 Å². The van der Waals surface area contributed by atoms with Gasteiger partial charge in [-0.1, -0.05) is 53.9 Å². The van der Waals surface area contributed by atoms with Crippen molar-refractivity contribution in [3.63, 3.8) is 0 Å². The number of ketones is 1. The normalized spacial score (nSPS) is 14.4. The van der Waals surface area contributed by atoms with E-state index in [-0.39, 0.29) is 18.0 Å². The van der Waals surface area contributed by atoms with E-state index < -0.39 is 36.4 Å². The first-order valence-electron chi connectivity index (χ1n) is 8.13. The molecule has 0 bridgehead atoms. The van der Waals surface area contributed by atoms with Crippen molar-refractivity contribution in [3.8, 4) is 0 Å². The van der Waals surface area contributed by atoms with Crippen molar-refractivity contribution in [2.24, 2.45) is 0 Å². The third kappa shape index (κ3) is 6.55. The third-order valence-electron chi connectivity index (χ3n) is 3.79. The van der Waals surface area contributed by atoms with Crippen LogP contribution in [0, 0.1) is 0 Å². The number of hydrogen-bond donors (Lipinski definition) is 0. The summed E-state index contributed by atoms with van der Waals surface area (Å²) in [6.07, 6.45) is 3.76. The summed E-state index contributed by atoms with van der Waals surface area (Å²) in [5, 5.41) is -0.983. The van der Waals surface area contributed by atoms with Crippen LogP contribution in [0.3, 0.4) is 0 Å². The van der Waals surface area contributed by atoms with Crippen LogP contribution in [0.15, 0.2) is 0 Å². The van der Waals surface area contributed by atoms with E-state index in [9.17, 15) is 26.4 Å². The van der Waals surface area contributed by atoms with E-state index in [1.165, 1.54) is 0 Å². The molecule has 0 heterocycles. The lowest BCUT2D eigenvalue weighted by molar-refractivity contribution is -0.116. The number of carbonyl (C=O) groups is 1. The topological polar surface area (TPSA) is 60.4 Å². The van der Waals surface area contributed by atoms with Crippen molar-refractivity contribution in [2.75, 3.05) is 5.75 Å². The largest absolute Gasteiger partial charge is 0.523 e. The molecule has 9 heteroatoms. The highest BCUT2D eigenvalue weighted by Gasteiger charge is 2.52. The third-order valence-corrected chi connectivity index (χ3v) is 10.1. The molecule has 24 heavy (non-hydrogen) atoms. The minimum Gasteiger partial charge on any atom is -0.299 e. The zero-order chi connectivity index (χ0) is 19.2. The van der Waals surface area contributed by atoms with Gasteiger partial charge in [-0.3, -0.25) is 4.79 Å². The van der Waals surface area contributed by atoms with Crippen LogP contribution in [0.4, 0.5) is 13.2 Å². The molecule has 0 aromatic heterocycles. The van der Waals surface area contributed by atoms with Gasteiger partial charge >= 0.3 is 15.6 Å². The lowest BCUT2D eigenvalue weighted by atomic mass is 10.1. The maximum Gasteiger partial charge on any atom is 0.523 e. The Kier molecular flexibility index (Phi) is 9.32. The van der Waals surface area contributed by atoms with E-state index in [4.69, 9.17) is 3.63 Å². The van der Waals surface area contributed by atoms with Gasteiger partial charge in [-0.25, -0.2) is 3.63 Å². The predicted octanol–water partition coefficient (Wildman–Crippen LogP) is 4.93. The zero-order valence-corrected chi connectivity index (χ0v) is 16.6. The molecule has 0 aliphatic heterocycles. The van der Waals surface area contributed by atoms with Crippen LogP contribution in [0.25, 0.3) is 0 Å². The standard InChI is InChI=1S/C15H29F3O4S2/c1-6-7-8-9-10-14(19)11-23(12(2)3,13(4)5)22-24(20,21)15(16,17)18/h12-13H,6-11H2,1-5H3. The van der Waals surface area contributed by atoms with Gasteiger partial charge in [0.15, 0.2) is 0 Å². The molecule has 0 aliphatic rings. The molecule has 0 saturated carbocycles. The van der Waals surface area contributed by atoms with Gasteiger partial charge in [-0.2, -0.15) is 21.6 Å². The molecule has 0 amide bonds.